The van der Waals surface area contributed by atoms with Gasteiger partial charge in [0.05, 0.1) is 15.2 Å². The quantitative estimate of drug-likeness (QED) is 0.781. The molecule has 2 unspecified atom stereocenters. The summed E-state index contributed by atoms with van der Waals surface area (Å²) in [5.74, 6) is 0.901. The Morgan fingerprint density at radius 2 is 2.11 bits per heavy atom. The molecule has 1 fully saturated rings. The molecule has 3 heteroatoms. The molecule has 0 amide bonds. The van der Waals surface area contributed by atoms with Crippen molar-refractivity contribution < 1.29 is 0 Å². The van der Waals surface area contributed by atoms with Crippen molar-refractivity contribution in [2.75, 3.05) is 5.32 Å². The van der Waals surface area contributed by atoms with Crippen LogP contribution < -0.4 is 5.32 Å². The largest absolute Gasteiger partial charge is 0.382 e. The molecule has 1 aliphatic rings. The minimum absolute atomic E-state index is 0.649. The topological polar surface area (TPSA) is 24.9 Å². The minimum atomic E-state index is 0.649. The van der Waals surface area contributed by atoms with Gasteiger partial charge in [-0.15, -0.1) is 11.3 Å². The van der Waals surface area contributed by atoms with Crippen molar-refractivity contribution in [3.05, 3.63) is 23.2 Å². The summed E-state index contributed by atoms with van der Waals surface area (Å²) in [7, 11) is 0. The van der Waals surface area contributed by atoms with Crippen LogP contribution in [0.5, 0.6) is 0 Å². The van der Waals surface area contributed by atoms with Crippen molar-refractivity contribution in [2.24, 2.45) is 5.92 Å². The SMILES string of the molecule is Cc1nc2ccc(NC3CCCC(C)CC3)cc2s1. The van der Waals surface area contributed by atoms with Crippen molar-refractivity contribution in [1.29, 1.82) is 0 Å². The van der Waals surface area contributed by atoms with Crippen molar-refractivity contribution >= 4 is 27.2 Å². The molecule has 0 aliphatic heterocycles. The van der Waals surface area contributed by atoms with Gasteiger partial charge in [-0.3, -0.25) is 0 Å². The molecule has 102 valence electrons. The second kappa shape index (κ2) is 5.49. The Morgan fingerprint density at radius 1 is 1.21 bits per heavy atom. The molecule has 2 nitrogen and oxygen atoms in total. The Hall–Kier alpha value is -1.09. The van der Waals surface area contributed by atoms with Crippen LogP contribution in [0.4, 0.5) is 5.69 Å². The second-order valence-corrected chi connectivity index (χ2v) is 7.10. The van der Waals surface area contributed by atoms with Crippen molar-refractivity contribution in [2.45, 2.75) is 52.0 Å². The lowest BCUT2D eigenvalue weighted by atomic mass is 10.0. The molecule has 2 atom stereocenters. The fraction of sp³-hybridized carbons (Fsp3) is 0.562. The maximum absolute atomic E-state index is 4.52. The number of nitrogens with one attached hydrogen (secondary N) is 1. The number of nitrogens with zero attached hydrogens (tertiary/aromatic N) is 1. The Morgan fingerprint density at radius 3 is 3.00 bits per heavy atom. The molecular formula is C16H22N2S. The van der Waals surface area contributed by atoms with Crippen LogP contribution in [0.3, 0.4) is 0 Å². The zero-order valence-electron chi connectivity index (χ0n) is 11.8. The Balaban J connectivity index is 1.73. The highest BCUT2D eigenvalue weighted by Crippen LogP contribution is 2.28. The standard InChI is InChI=1S/C16H22N2S/c1-11-4-3-5-13(7-6-11)18-14-8-9-15-16(10-14)19-12(2)17-15/h8-11,13,18H,3-7H2,1-2H3. The van der Waals surface area contributed by atoms with Crippen LogP contribution in [0, 0.1) is 12.8 Å². The van der Waals surface area contributed by atoms with Crippen LogP contribution in [0.1, 0.15) is 44.0 Å². The van der Waals surface area contributed by atoms with Gasteiger partial charge in [-0.05, 0) is 50.3 Å². The number of aryl methyl sites for hydroxylation is 1. The molecule has 0 spiro atoms. The summed E-state index contributed by atoms with van der Waals surface area (Å²) in [6.45, 7) is 4.46. The van der Waals surface area contributed by atoms with Gasteiger partial charge in [0.15, 0.2) is 0 Å². The zero-order chi connectivity index (χ0) is 13.2. The second-order valence-electron chi connectivity index (χ2n) is 5.87. The molecule has 1 N–H and O–H groups in total. The van der Waals surface area contributed by atoms with E-state index in [0.29, 0.717) is 6.04 Å². The number of benzene rings is 1. The molecule has 1 saturated carbocycles. The molecule has 0 saturated heterocycles. The average Bonchev–Trinajstić information content (AvgIpc) is 2.62. The molecular weight excluding hydrogens is 252 g/mol. The lowest BCUT2D eigenvalue weighted by molar-refractivity contribution is 0.502. The van der Waals surface area contributed by atoms with E-state index in [-0.39, 0.29) is 0 Å². The van der Waals surface area contributed by atoms with E-state index in [2.05, 4.69) is 42.3 Å². The number of thiazole rings is 1. The predicted octanol–water partition coefficient (Wildman–Crippen LogP) is 4.99. The molecule has 19 heavy (non-hydrogen) atoms. The summed E-state index contributed by atoms with van der Waals surface area (Å²) in [5.41, 5.74) is 2.39. The van der Waals surface area contributed by atoms with E-state index in [0.717, 1.165) is 16.4 Å². The number of hydrogen-bond donors (Lipinski definition) is 1. The van der Waals surface area contributed by atoms with E-state index >= 15 is 0 Å². The Kier molecular flexibility index (Phi) is 3.74. The third kappa shape index (κ3) is 3.08. The Bertz CT molecular complexity index is 561. The first kappa shape index (κ1) is 12.9. The molecule has 0 bridgehead atoms. The third-order valence-corrected chi connectivity index (χ3v) is 5.06. The average molecular weight is 274 g/mol. The van der Waals surface area contributed by atoms with Crippen LogP contribution in [0.2, 0.25) is 0 Å². The highest BCUT2D eigenvalue weighted by atomic mass is 32.1. The molecule has 2 aromatic rings. The summed E-state index contributed by atoms with van der Waals surface area (Å²) >= 11 is 1.78. The number of hydrogen-bond acceptors (Lipinski definition) is 3. The van der Waals surface area contributed by atoms with Crippen molar-refractivity contribution in [3.63, 3.8) is 0 Å². The van der Waals surface area contributed by atoms with E-state index < -0.39 is 0 Å². The summed E-state index contributed by atoms with van der Waals surface area (Å²) < 4.78 is 1.30. The monoisotopic (exact) mass is 274 g/mol. The van der Waals surface area contributed by atoms with Crippen LogP contribution in [0.15, 0.2) is 18.2 Å². The van der Waals surface area contributed by atoms with Gasteiger partial charge in [-0.25, -0.2) is 4.98 Å². The van der Waals surface area contributed by atoms with Gasteiger partial charge >= 0.3 is 0 Å². The summed E-state index contributed by atoms with van der Waals surface area (Å²) in [4.78, 5) is 4.52. The van der Waals surface area contributed by atoms with E-state index in [1.807, 2.05) is 0 Å². The minimum Gasteiger partial charge on any atom is -0.382 e. The zero-order valence-corrected chi connectivity index (χ0v) is 12.6. The van der Waals surface area contributed by atoms with Gasteiger partial charge in [0.25, 0.3) is 0 Å². The highest BCUT2D eigenvalue weighted by molar-refractivity contribution is 7.18. The van der Waals surface area contributed by atoms with Crippen LogP contribution >= 0.6 is 11.3 Å². The fourth-order valence-electron chi connectivity index (χ4n) is 3.00. The third-order valence-electron chi connectivity index (χ3n) is 4.12. The van der Waals surface area contributed by atoms with Crippen molar-refractivity contribution in [3.8, 4) is 0 Å². The van der Waals surface area contributed by atoms with Gasteiger partial charge in [0.1, 0.15) is 0 Å². The smallest absolute Gasteiger partial charge is 0.0907 e. The molecule has 1 aliphatic carbocycles. The predicted molar refractivity (Wildman–Crippen MR) is 84.0 cm³/mol. The van der Waals surface area contributed by atoms with E-state index in [1.54, 1.807) is 11.3 Å². The number of fused-ring (bicyclic) bond motifs is 1. The molecule has 3 rings (SSSR count). The van der Waals surface area contributed by atoms with Gasteiger partial charge in [0.2, 0.25) is 0 Å². The first-order valence-corrected chi connectivity index (χ1v) is 8.16. The highest BCUT2D eigenvalue weighted by Gasteiger charge is 2.16. The Labute approximate surface area is 119 Å². The number of rotatable bonds is 2. The molecule has 1 heterocycles. The normalized spacial score (nSPS) is 24.3. The molecule has 1 aromatic heterocycles. The first-order valence-electron chi connectivity index (χ1n) is 7.34. The van der Waals surface area contributed by atoms with Crippen LogP contribution in [-0.4, -0.2) is 11.0 Å². The van der Waals surface area contributed by atoms with Crippen LogP contribution in [-0.2, 0) is 0 Å². The van der Waals surface area contributed by atoms with Crippen molar-refractivity contribution in [1.82, 2.24) is 4.98 Å². The number of anilines is 1. The number of aromatic nitrogens is 1. The molecule has 1 aromatic carbocycles. The first-order chi connectivity index (χ1) is 9.20. The maximum atomic E-state index is 4.52. The van der Waals surface area contributed by atoms with E-state index in [4.69, 9.17) is 0 Å². The van der Waals surface area contributed by atoms with Crippen LogP contribution in [0.25, 0.3) is 10.2 Å². The van der Waals surface area contributed by atoms with Gasteiger partial charge < -0.3 is 5.32 Å². The van der Waals surface area contributed by atoms with E-state index in [1.165, 1.54) is 42.5 Å². The van der Waals surface area contributed by atoms with E-state index in [9.17, 15) is 0 Å². The summed E-state index contributed by atoms with van der Waals surface area (Å²) in [6.07, 6.45) is 6.73. The van der Waals surface area contributed by atoms with Gasteiger partial charge in [-0.1, -0.05) is 19.8 Å². The lowest BCUT2D eigenvalue weighted by Gasteiger charge is -2.17. The lowest BCUT2D eigenvalue weighted by Crippen LogP contribution is -2.18. The summed E-state index contributed by atoms with van der Waals surface area (Å²) in [5, 5.41) is 4.87. The summed E-state index contributed by atoms with van der Waals surface area (Å²) in [6, 6.07) is 7.22. The maximum Gasteiger partial charge on any atom is 0.0907 e. The van der Waals surface area contributed by atoms with Gasteiger partial charge in [0, 0.05) is 11.7 Å². The fourth-order valence-corrected chi connectivity index (χ4v) is 3.86. The van der Waals surface area contributed by atoms with Gasteiger partial charge in [-0.2, -0.15) is 0 Å². The molecule has 0 radical (unpaired) electrons.